The van der Waals surface area contributed by atoms with E-state index in [9.17, 15) is 19.5 Å². The lowest BCUT2D eigenvalue weighted by atomic mass is 9.98. The molecule has 2 amide bonds. The number of aryl methyl sites for hydroxylation is 1. The van der Waals surface area contributed by atoms with Crippen LogP contribution >= 0.6 is 0 Å². The van der Waals surface area contributed by atoms with Crippen molar-refractivity contribution < 1.29 is 24.2 Å². The summed E-state index contributed by atoms with van der Waals surface area (Å²) < 4.78 is 6.75. The van der Waals surface area contributed by atoms with Gasteiger partial charge in [-0.05, 0) is 28.7 Å². The van der Waals surface area contributed by atoms with Crippen LogP contribution in [0.2, 0.25) is 0 Å². The van der Waals surface area contributed by atoms with Crippen molar-refractivity contribution in [3.63, 3.8) is 0 Å². The fourth-order valence-electron chi connectivity index (χ4n) is 4.37. The van der Waals surface area contributed by atoms with E-state index >= 15 is 0 Å². The highest BCUT2D eigenvalue weighted by molar-refractivity contribution is 5.88. The zero-order valence-corrected chi connectivity index (χ0v) is 19.2. The molecule has 3 aromatic rings. The van der Waals surface area contributed by atoms with E-state index in [4.69, 9.17) is 4.74 Å². The molecule has 0 spiro atoms. The zero-order valence-electron chi connectivity index (χ0n) is 19.2. The zero-order chi connectivity index (χ0) is 24.9. The molecule has 1 aliphatic rings. The average molecular weight is 475 g/mol. The normalized spacial score (nSPS) is 12.8. The number of carbonyl (C=O) groups excluding carboxylic acids is 2. The molecule has 4 rings (SSSR count). The van der Waals surface area contributed by atoms with Gasteiger partial charge in [-0.3, -0.25) is 9.48 Å². The van der Waals surface area contributed by atoms with Crippen molar-refractivity contribution in [1.82, 2.24) is 20.4 Å². The number of aromatic carboxylic acids is 1. The topological polar surface area (TPSA) is 123 Å². The SMILES string of the molecule is C=CCC(NC(=O)OCC1c2ccccc2-c2ccccc21)C(=O)NCc1cnn(C)c1C(=O)O. The van der Waals surface area contributed by atoms with Crippen molar-refractivity contribution in [2.75, 3.05) is 6.61 Å². The predicted octanol–water partition coefficient (Wildman–Crippen LogP) is 3.22. The van der Waals surface area contributed by atoms with Crippen molar-refractivity contribution in [1.29, 1.82) is 0 Å². The fourth-order valence-corrected chi connectivity index (χ4v) is 4.37. The van der Waals surface area contributed by atoms with Crippen LogP contribution in [0.15, 0.2) is 67.4 Å². The van der Waals surface area contributed by atoms with Crippen LogP contribution in [0.5, 0.6) is 0 Å². The van der Waals surface area contributed by atoms with Gasteiger partial charge < -0.3 is 20.5 Å². The molecule has 0 radical (unpaired) electrons. The molecule has 180 valence electrons. The van der Waals surface area contributed by atoms with Gasteiger partial charge in [0.05, 0.1) is 6.20 Å². The van der Waals surface area contributed by atoms with Crippen LogP contribution in [0.25, 0.3) is 11.1 Å². The molecule has 1 aliphatic carbocycles. The lowest BCUT2D eigenvalue weighted by Crippen LogP contribution is -2.46. The van der Waals surface area contributed by atoms with Crippen molar-refractivity contribution in [3.8, 4) is 11.1 Å². The maximum atomic E-state index is 12.7. The van der Waals surface area contributed by atoms with E-state index in [2.05, 4.69) is 34.4 Å². The van der Waals surface area contributed by atoms with E-state index in [1.54, 1.807) is 0 Å². The molecule has 0 saturated carbocycles. The lowest BCUT2D eigenvalue weighted by molar-refractivity contribution is -0.123. The van der Waals surface area contributed by atoms with E-state index in [0.29, 0.717) is 5.56 Å². The number of fused-ring (bicyclic) bond motifs is 3. The second-order valence-corrected chi connectivity index (χ2v) is 8.21. The van der Waals surface area contributed by atoms with E-state index in [-0.39, 0.29) is 31.2 Å². The van der Waals surface area contributed by atoms with Crippen LogP contribution in [0.3, 0.4) is 0 Å². The summed E-state index contributed by atoms with van der Waals surface area (Å²) in [5.41, 5.74) is 4.76. The molecule has 0 fully saturated rings. The highest BCUT2D eigenvalue weighted by atomic mass is 16.5. The minimum atomic E-state index is -1.14. The van der Waals surface area contributed by atoms with E-state index in [0.717, 1.165) is 22.3 Å². The summed E-state index contributed by atoms with van der Waals surface area (Å²) >= 11 is 0. The smallest absolute Gasteiger partial charge is 0.407 e. The van der Waals surface area contributed by atoms with Gasteiger partial charge in [0, 0.05) is 25.1 Å². The number of carboxylic acids is 1. The molecule has 9 heteroatoms. The van der Waals surface area contributed by atoms with Gasteiger partial charge in [0.15, 0.2) is 5.69 Å². The largest absolute Gasteiger partial charge is 0.477 e. The van der Waals surface area contributed by atoms with Crippen LogP contribution in [0.4, 0.5) is 4.79 Å². The number of ether oxygens (including phenoxy) is 1. The van der Waals surface area contributed by atoms with Gasteiger partial charge in [-0.2, -0.15) is 5.10 Å². The van der Waals surface area contributed by atoms with Gasteiger partial charge >= 0.3 is 12.1 Å². The van der Waals surface area contributed by atoms with Gasteiger partial charge in [-0.15, -0.1) is 6.58 Å². The predicted molar refractivity (Wildman–Crippen MR) is 129 cm³/mol. The molecule has 35 heavy (non-hydrogen) atoms. The standard InChI is InChI=1S/C26H26N4O5/c1-3-8-22(24(31)27-13-16-14-28-30(2)23(16)25(32)33)29-26(34)35-15-21-19-11-6-4-9-17(19)18-10-5-7-12-20(18)21/h3-7,9-12,14,21-22H,1,8,13,15H2,2H3,(H,27,31)(H,29,34)(H,32,33). The number of carboxylic acid groups (broad SMARTS) is 1. The van der Waals surface area contributed by atoms with Crippen molar-refractivity contribution in [3.05, 3.63) is 89.8 Å². The van der Waals surface area contributed by atoms with Crippen LogP contribution in [-0.2, 0) is 23.1 Å². The Morgan fingerprint density at radius 1 is 1.14 bits per heavy atom. The maximum Gasteiger partial charge on any atom is 0.407 e. The Morgan fingerprint density at radius 3 is 2.37 bits per heavy atom. The van der Waals surface area contributed by atoms with Crippen molar-refractivity contribution >= 4 is 18.0 Å². The summed E-state index contributed by atoms with van der Waals surface area (Å²) in [6.07, 6.45) is 2.35. The lowest BCUT2D eigenvalue weighted by Gasteiger charge is -2.19. The number of aromatic nitrogens is 2. The molecular weight excluding hydrogens is 448 g/mol. The number of hydrogen-bond donors (Lipinski definition) is 3. The number of hydrogen-bond acceptors (Lipinski definition) is 5. The second-order valence-electron chi connectivity index (χ2n) is 8.21. The number of carbonyl (C=O) groups is 3. The number of nitrogens with one attached hydrogen (secondary N) is 2. The Balaban J connectivity index is 1.38. The van der Waals surface area contributed by atoms with E-state index in [1.807, 2.05) is 36.4 Å². The molecule has 0 saturated heterocycles. The number of amides is 2. The summed E-state index contributed by atoms with van der Waals surface area (Å²) in [6.45, 7) is 3.72. The average Bonchev–Trinajstić information content (AvgIpc) is 3.38. The summed E-state index contributed by atoms with van der Waals surface area (Å²) in [4.78, 5) is 36.7. The van der Waals surface area contributed by atoms with E-state index < -0.39 is 24.0 Å². The van der Waals surface area contributed by atoms with Gasteiger partial charge in [-0.25, -0.2) is 9.59 Å². The molecule has 0 aliphatic heterocycles. The molecule has 9 nitrogen and oxygen atoms in total. The molecule has 2 aromatic carbocycles. The van der Waals surface area contributed by atoms with Crippen LogP contribution < -0.4 is 10.6 Å². The molecular formula is C26H26N4O5. The Kier molecular flexibility index (Phi) is 6.96. The minimum Gasteiger partial charge on any atom is -0.477 e. The summed E-state index contributed by atoms with van der Waals surface area (Å²) in [7, 11) is 1.51. The first kappa shape index (κ1) is 23.7. The molecule has 1 unspecified atom stereocenters. The van der Waals surface area contributed by atoms with Crippen LogP contribution in [0, 0.1) is 0 Å². The summed E-state index contributed by atoms with van der Waals surface area (Å²) in [6, 6.07) is 15.1. The Morgan fingerprint density at radius 2 is 1.77 bits per heavy atom. The second kappa shape index (κ2) is 10.3. The number of nitrogens with zero attached hydrogens (tertiary/aromatic N) is 2. The van der Waals surface area contributed by atoms with Gasteiger partial charge in [-0.1, -0.05) is 54.6 Å². The maximum absolute atomic E-state index is 12.7. The Bertz CT molecular complexity index is 1240. The third-order valence-electron chi connectivity index (χ3n) is 6.02. The molecule has 0 bridgehead atoms. The fraction of sp³-hybridized carbons (Fsp3) is 0.231. The minimum absolute atomic E-state index is 0.0185. The first-order chi connectivity index (χ1) is 16.9. The summed E-state index contributed by atoms with van der Waals surface area (Å²) in [5, 5.41) is 18.5. The van der Waals surface area contributed by atoms with Gasteiger partial charge in [0.25, 0.3) is 0 Å². The van der Waals surface area contributed by atoms with Crippen molar-refractivity contribution in [2.45, 2.75) is 24.9 Å². The van der Waals surface area contributed by atoms with Crippen molar-refractivity contribution in [2.24, 2.45) is 7.05 Å². The van der Waals surface area contributed by atoms with Gasteiger partial charge in [0.1, 0.15) is 12.6 Å². The quantitative estimate of drug-likeness (QED) is 0.409. The third kappa shape index (κ3) is 4.93. The molecule has 3 N–H and O–H groups in total. The summed E-state index contributed by atoms with van der Waals surface area (Å²) in [5.74, 6) is -1.73. The Labute approximate surface area is 202 Å². The number of alkyl carbamates (subject to hydrolysis) is 1. The molecule has 1 atom stereocenters. The van der Waals surface area contributed by atoms with Crippen LogP contribution in [0.1, 0.15) is 39.5 Å². The Hall–Kier alpha value is -4.40. The first-order valence-corrected chi connectivity index (χ1v) is 11.1. The third-order valence-corrected chi connectivity index (χ3v) is 6.02. The first-order valence-electron chi connectivity index (χ1n) is 11.1. The highest BCUT2D eigenvalue weighted by Crippen LogP contribution is 2.44. The molecule has 1 heterocycles. The molecule has 1 aromatic heterocycles. The number of benzene rings is 2. The highest BCUT2D eigenvalue weighted by Gasteiger charge is 2.29. The van der Waals surface area contributed by atoms with Crippen LogP contribution in [-0.4, -0.2) is 45.5 Å². The van der Waals surface area contributed by atoms with E-state index in [1.165, 1.54) is 24.0 Å². The monoisotopic (exact) mass is 474 g/mol. The number of rotatable bonds is 9. The van der Waals surface area contributed by atoms with Gasteiger partial charge in [0.2, 0.25) is 5.91 Å².